The van der Waals surface area contributed by atoms with E-state index >= 15 is 0 Å². The predicted molar refractivity (Wildman–Crippen MR) is 75.7 cm³/mol. The molecule has 1 atom stereocenters. The molecule has 1 unspecified atom stereocenters. The number of ether oxygens (including phenoxy) is 1. The van der Waals surface area contributed by atoms with Crippen molar-refractivity contribution in [2.24, 2.45) is 0 Å². The lowest BCUT2D eigenvalue weighted by Crippen LogP contribution is -2.18. The third-order valence-electron chi connectivity index (χ3n) is 3.39. The lowest BCUT2D eigenvalue weighted by atomic mass is 10.1. The Labute approximate surface area is 122 Å². The van der Waals surface area contributed by atoms with Crippen LogP contribution in [0.5, 0.6) is 0 Å². The fraction of sp³-hybridized carbons (Fsp3) is 0.400. The Bertz CT molecular complexity index is 667. The highest BCUT2D eigenvalue weighted by atomic mass is 19.1. The topological polar surface area (TPSA) is 57.0 Å². The number of carbonyl (C=O) groups excluding carboxylic acids is 1. The van der Waals surface area contributed by atoms with Gasteiger partial charge >= 0.3 is 5.97 Å². The van der Waals surface area contributed by atoms with E-state index in [4.69, 9.17) is 4.74 Å². The minimum Gasteiger partial charge on any atom is -0.460 e. The molecule has 0 aliphatic heterocycles. The van der Waals surface area contributed by atoms with Crippen LogP contribution in [0.25, 0.3) is 0 Å². The van der Waals surface area contributed by atoms with Crippen molar-refractivity contribution in [3.8, 4) is 0 Å². The van der Waals surface area contributed by atoms with E-state index in [-0.39, 0.29) is 24.3 Å². The van der Waals surface area contributed by atoms with Gasteiger partial charge in [-0.1, -0.05) is 12.1 Å². The van der Waals surface area contributed by atoms with E-state index < -0.39 is 5.97 Å². The molecule has 0 radical (unpaired) electrons. The molecule has 0 saturated carbocycles. The van der Waals surface area contributed by atoms with Gasteiger partial charge in [-0.05, 0) is 44.9 Å². The molecule has 112 valence electrons. The van der Waals surface area contributed by atoms with Crippen molar-refractivity contribution in [3.63, 3.8) is 0 Å². The lowest BCUT2D eigenvalue weighted by Gasteiger charge is -2.17. The first-order chi connectivity index (χ1) is 9.95. The van der Waals surface area contributed by atoms with Gasteiger partial charge in [0.05, 0.1) is 12.6 Å². The Morgan fingerprint density at radius 1 is 1.38 bits per heavy atom. The van der Waals surface area contributed by atoms with Crippen molar-refractivity contribution >= 4 is 5.97 Å². The molecule has 0 fully saturated rings. The van der Waals surface area contributed by atoms with Gasteiger partial charge in [0, 0.05) is 0 Å². The average Bonchev–Trinajstić information content (AvgIpc) is 2.83. The van der Waals surface area contributed by atoms with E-state index in [1.54, 1.807) is 31.4 Å². The molecular weight excluding hydrogens is 273 g/mol. The van der Waals surface area contributed by atoms with Gasteiger partial charge in [0.25, 0.3) is 0 Å². The number of hydrogen-bond acceptors (Lipinski definition) is 4. The van der Waals surface area contributed by atoms with Gasteiger partial charge in [0.2, 0.25) is 5.82 Å². The molecule has 21 heavy (non-hydrogen) atoms. The largest absolute Gasteiger partial charge is 0.460 e. The fourth-order valence-corrected chi connectivity index (χ4v) is 2.19. The third kappa shape index (κ3) is 2.94. The number of carbonyl (C=O) groups is 1. The zero-order valence-corrected chi connectivity index (χ0v) is 12.6. The quantitative estimate of drug-likeness (QED) is 0.813. The number of benzene rings is 1. The first-order valence-electron chi connectivity index (χ1n) is 6.80. The van der Waals surface area contributed by atoms with Crippen molar-refractivity contribution < 1.29 is 13.9 Å². The zero-order chi connectivity index (χ0) is 15.6. The van der Waals surface area contributed by atoms with Gasteiger partial charge in [-0.2, -0.15) is 0 Å². The van der Waals surface area contributed by atoms with Crippen molar-refractivity contribution in [1.82, 2.24) is 14.8 Å². The van der Waals surface area contributed by atoms with Crippen LogP contribution < -0.4 is 0 Å². The van der Waals surface area contributed by atoms with Gasteiger partial charge in [-0.3, -0.25) is 4.57 Å². The number of esters is 1. The van der Waals surface area contributed by atoms with Crippen LogP contribution in [0.4, 0.5) is 4.39 Å². The fourth-order valence-electron chi connectivity index (χ4n) is 2.19. The molecule has 5 nitrogen and oxygen atoms in total. The van der Waals surface area contributed by atoms with Crippen molar-refractivity contribution in [3.05, 3.63) is 46.8 Å². The first kappa shape index (κ1) is 15.2. The Morgan fingerprint density at radius 3 is 2.71 bits per heavy atom. The Kier molecular flexibility index (Phi) is 4.35. The Balaban J connectivity index is 2.43. The van der Waals surface area contributed by atoms with E-state index in [9.17, 15) is 9.18 Å². The van der Waals surface area contributed by atoms with E-state index in [1.165, 1.54) is 6.07 Å². The van der Waals surface area contributed by atoms with E-state index in [1.807, 2.05) is 13.0 Å². The molecule has 0 saturated heterocycles. The van der Waals surface area contributed by atoms with Crippen LogP contribution in [0.3, 0.4) is 0 Å². The summed E-state index contributed by atoms with van der Waals surface area (Å²) in [6.45, 7) is 7.31. The molecule has 2 aromatic rings. The van der Waals surface area contributed by atoms with Crippen molar-refractivity contribution in [2.45, 2.75) is 33.7 Å². The van der Waals surface area contributed by atoms with Crippen LogP contribution in [0.2, 0.25) is 0 Å². The SMILES string of the molecule is CCOC(=O)c1nnc(C)n1C(C)c1ccc(C)c(F)c1. The maximum Gasteiger partial charge on any atom is 0.376 e. The summed E-state index contributed by atoms with van der Waals surface area (Å²) in [5.74, 6) is -0.102. The molecule has 0 amide bonds. The summed E-state index contributed by atoms with van der Waals surface area (Å²) in [5.41, 5.74) is 1.32. The standard InChI is InChI=1S/C15H18FN3O2/c1-5-21-15(20)14-18-17-11(4)19(14)10(3)12-7-6-9(2)13(16)8-12/h6-8,10H,5H2,1-4H3. The monoisotopic (exact) mass is 291 g/mol. The smallest absolute Gasteiger partial charge is 0.376 e. The summed E-state index contributed by atoms with van der Waals surface area (Å²) >= 11 is 0. The molecule has 0 aliphatic carbocycles. The van der Waals surface area contributed by atoms with E-state index in [2.05, 4.69) is 10.2 Å². The summed E-state index contributed by atoms with van der Waals surface area (Å²) in [4.78, 5) is 11.9. The van der Waals surface area contributed by atoms with Gasteiger partial charge in [-0.25, -0.2) is 9.18 Å². The van der Waals surface area contributed by atoms with Gasteiger partial charge < -0.3 is 4.74 Å². The second-order valence-corrected chi connectivity index (χ2v) is 4.85. The molecule has 1 aromatic heterocycles. The van der Waals surface area contributed by atoms with Crippen molar-refractivity contribution in [2.75, 3.05) is 6.61 Å². The molecule has 0 aliphatic rings. The van der Waals surface area contributed by atoms with Gasteiger partial charge in [0.1, 0.15) is 11.6 Å². The van der Waals surface area contributed by atoms with E-state index in [0.29, 0.717) is 11.4 Å². The number of aryl methyl sites for hydroxylation is 2. The van der Waals surface area contributed by atoms with Crippen LogP contribution in [-0.2, 0) is 4.74 Å². The Hall–Kier alpha value is -2.24. The highest BCUT2D eigenvalue weighted by Crippen LogP contribution is 2.23. The Morgan fingerprint density at radius 2 is 2.10 bits per heavy atom. The molecule has 0 bridgehead atoms. The van der Waals surface area contributed by atoms with Crippen LogP contribution >= 0.6 is 0 Å². The number of nitrogens with zero attached hydrogens (tertiary/aromatic N) is 3. The van der Waals surface area contributed by atoms with Crippen LogP contribution in [0.1, 0.15) is 47.5 Å². The number of hydrogen-bond donors (Lipinski definition) is 0. The molecular formula is C15H18FN3O2. The van der Waals surface area contributed by atoms with Crippen LogP contribution in [0.15, 0.2) is 18.2 Å². The minimum atomic E-state index is -0.530. The normalized spacial score (nSPS) is 12.2. The molecule has 6 heteroatoms. The molecule has 1 aromatic carbocycles. The zero-order valence-electron chi connectivity index (χ0n) is 12.6. The summed E-state index contributed by atoms with van der Waals surface area (Å²) in [6, 6.07) is 4.74. The van der Waals surface area contributed by atoms with Crippen LogP contribution in [0, 0.1) is 19.7 Å². The van der Waals surface area contributed by atoms with E-state index in [0.717, 1.165) is 5.56 Å². The summed E-state index contributed by atoms with van der Waals surface area (Å²) in [5, 5.41) is 7.79. The average molecular weight is 291 g/mol. The number of rotatable bonds is 4. The highest BCUT2D eigenvalue weighted by molar-refractivity contribution is 5.85. The molecule has 0 N–H and O–H groups in total. The van der Waals surface area contributed by atoms with Gasteiger partial charge in [0.15, 0.2) is 0 Å². The molecule has 1 heterocycles. The minimum absolute atomic E-state index is 0.128. The summed E-state index contributed by atoms with van der Waals surface area (Å²) < 4.78 is 20.4. The predicted octanol–water partition coefficient (Wildman–Crippen LogP) is 2.82. The number of halogens is 1. The summed E-state index contributed by atoms with van der Waals surface area (Å²) in [6.07, 6.45) is 0. The highest BCUT2D eigenvalue weighted by Gasteiger charge is 2.23. The first-order valence-corrected chi connectivity index (χ1v) is 6.80. The maximum absolute atomic E-state index is 13.7. The van der Waals surface area contributed by atoms with Crippen LogP contribution in [-0.4, -0.2) is 27.3 Å². The second kappa shape index (κ2) is 6.03. The lowest BCUT2D eigenvalue weighted by molar-refractivity contribution is 0.0504. The molecule has 0 spiro atoms. The maximum atomic E-state index is 13.7. The number of aromatic nitrogens is 3. The van der Waals surface area contributed by atoms with Gasteiger partial charge in [-0.15, -0.1) is 10.2 Å². The second-order valence-electron chi connectivity index (χ2n) is 4.85. The van der Waals surface area contributed by atoms with Crippen molar-refractivity contribution in [1.29, 1.82) is 0 Å². The molecule has 2 rings (SSSR count). The third-order valence-corrected chi connectivity index (χ3v) is 3.39. The summed E-state index contributed by atoms with van der Waals surface area (Å²) in [7, 11) is 0.